The van der Waals surface area contributed by atoms with E-state index >= 15 is 0 Å². The van der Waals surface area contributed by atoms with Crippen molar-refractivity contribution < 1.29 is 14.3 Å². The van der Waals surface area contributed by atoms with Crippen LogP contribution in [-0.2, 0) is 6.54 Å². The van der Waals surface area contributed by atoms with Gasteiger partial charge < -0.3 is 14.8 Å². The summed E-state index contributed by atoms with van der Waals surface area (Å²) in [6.07, 6.45) is 5.14. The van der Waals surface area contributed by atoms with Gasteiger partial charge in [-0.2, -0.15) is 5.10 Å². The number of carbonyl (C=O) groups is 1. The molecule has 6 heteroatoms. The van der Waals surface area contributed by atoms with E-state index in [-0.39, 0.29) is 19.2 Å². The molecular weight excluding hydrogens is 282 g/mol. The normalized spacial score (nSPS) is 12.0. The number of aryl methyl sites for hydroxylation is 1. The van der Waals surface area contributed by atoms with Crippen LogP contribution in [0.15, 0.2) is 24.3 Å². The summed E-state index contributed by atoms with van der Waals surface area (Å²) in [6, 6.07) is 7.39. The third-order valence-corrected chi connectivity index (χ3v) is 3.33. The lowest BCUT2D eigenvalue weighted by Gasteiger charge is -2.05. The molecule has 1 aromatic heterocycles. The molecule has 112 valence electrons. The molecule has 6 nitrogen and oxygen atoms in total. The van der Waals surface area contributed by atoms with E-state index < -0.39 is 0 Å². The molecular formula is C16H15N3O3. The van der Waals surface area contributed by atoms with Crippen molar-refractivity contribution in [3.63, 3.8) is 0 Å². The van der Waals surface area contributed by atoms with Gasteiger partial charge in [0.2, 0.25) is 6.79 Å². The molecule has 0 saturated carbocycles. The van der Waals surface area contributed by atoms with Gasteiger partial charge in [0.25, 0.3) is 5.91 Å². The molecule has 1 amide bonds. The SMILES string of the molecule is C#CCNC(=O)c1cc(-c2ccc3c(c2)OCO3)n(CC)n1. The lowest BCUT2D eigenvalue weighted by Crippen LogP contribution is -2.24. The zero-order chi connectivity index (χ0) is 15.5. The van der Waals surface area contributed by atoms with E-state index in [4.69, 9.17) is 15.9 Å². The highest BCUT2D eigenvalue weighted by Crippen LogP contribution is 2.36. The average Bonchev–Trinajstić information content (AvgIpc) is 3.17. The van der Waals surface area contributed by atoms with E-state index in [9.17, 15) is 4.79 Å². The second-order valence-corrected chi connectivity index (χ2v) is 4.69. The summed E-state index contributed by atoms with van der Waals surface area (Å²) < 4.78 is 12.5. The van der Waals surface area contributed by atoms with E-state index in [1.54, 1.807) is 10.7 Å². The van der Waals surface area contributed by atoms with E-state index in [1.807, 2.05) is 25.1 Å². The van der Waals surface area contributed by atoms with Crippen molar-refractivity contribution in [1.29, 1.82) is 0 Å². The number of ether oxygens (including phenoxy) is 2. The molecule has 0 aliphatic carbocycles. The van der Waals surface area contributed by atoms with Crippen molar-refractivity contribution in [2.75, 3.05) is 13.3 Å². The smallest absolute Gasteiger partial charge is 0.272 e. The van der Waals surface area contributed by atoms with E-state index in [0.717, 1.165) is 17.0 Å². The van der Waals surface area contributed by atoms with Gasteiger partial charge in [0, 0.05) is 12.1 Å². The quantitative estimate of drug-likeness (QED) is 0.872. The van der Waals surface area contributed by atoms with Crippen LogP contribution in [0.1, 0.15) is 17.4 Å². The van der Waals surface area contributed by atoms with E-state index in [0.29, 0.717) is 18.0 Å². The number of terminal acetylenes is 1. The Labute approximate surface area is 128 Å². The Morgan fingerprint density at radius 2 is 2.23 bits per heavy atom. The summed E-state index contributed by atoms with van der Waals surface area (Å²) in [6.45, 7) is 3.02. The molecule has 0 saturated heterocycles. The Hall–Kier alpha value is -2.94. The second kappa shape index (κ2) is 5.82. The summed E-state index contributed by atoms with van der Waals surface area (Å²) in [7, 11) is 0. The van der Waals surface area contributed by atoms with Crippen molar-refractivity contribution in [1.82, 2.24) is 15.1 Å². The number of fused-ring (bicyclic) bond motifs is 1. The van der Waals surface area contributed by atoms with Crippen LogP contribution >= 0.6 is 0 Å². The van der Waals surface area contributed by atoms with Gasteiger partial charge in [0.15, 0.2) is 17.2 Å². The van der Waals surface area contributed by atoms with Gasteiger partial charge in [-0.05, 0) is 31.2 Å². The van der Waals surface area contributed by atoms with Crippen LogP contribution in [0.5, 0.6) is 11.5 Å². The molecule has 0 fully saturated rings. The molecule has 1 aromatic carbocycles. The maximum atomic E-state index is 12.0. The van der Waals surface area contributed by atoms with Crippen molar-refractivity contribution in [3.05, 3.63) is 30.0 Å². The minimum atomic E-state index is -0.285. The first-order valence-corrected chi connectivity index (χ1v) is 6.92. The van der Waals surface area contributed by atoms with Gasteiger partial charge in [0.05, 0.1) is 12.2 Å². The Morgan fingerprint density at radius 3 is 3.00 bits per heavy atom. The highest BCUT2D eigenvalue weighted by atomic mass is 16.7. The molecule has 2 aromatic rings. The van der Waals surface area contributed by atoms with Crippen LogP contribution in [0.25, 0.3) is 11.3 Å². The molecule has 0 atom stereocenters. The number of nitrogens with one attached hydrogen (secondary N) is 1. The predicted octanol–water partition coefficient (Wildman–Crippen LogP) is 1.66. The minimum Gasteiger partial charge on any atom is -0.454 e. The lowest BCUT2D eigenvalue weighted by atomic mass is 10.1. The Morgan fingerprint density at radius 1 is 1.41 bits per heavy atom. The number of hydrogen-bond acceptors (Lipinski definition) is 4. The molecule has 3 rings (SSSR count). The Bertz CT molecular complexity index is 758. The first-order valence-electron chi connectivity index (χ1n) is 6.92. The number of aromatic nitrogens is 2. The van der Waals surface area contributed by atoms with Gasteiger partial charge in [-0.3, -0.25) is 9.48 Å². The molecule has 2 heterocycles. The summed E-state index contributed by atoms with van der Waals surface area (Å²) in [5, 5.41) is 6.93. The van der Waals surface area contributed by atoms with Crippen LogP contribution < -0.4 is 14.8 Å². The monoisotopic (exact) mass is 297 g/mol. The van der Waals surface area contributed by atoms with Crippen LogP contribution in [0.2, 0.25) is 0 Å². The molecule has 0 unspecified atom stereocenters. The minimum absolute atomic E-state index is 0.178. The Balaban J connectivity index is 1.95. The van der Waals surface area contributed by atoms with Crippen LogP contribution in [0, 0.1) is 12.3 Å². The average molecular weight is 297 g/mol. The zero-order valence-corrected chi connectivity index (χ0v) is 12.1. The summed E-state index contributed by atoms with van der Waals surface area (Å²) in [5.41, 5.74) is 2.09. The Kier molecular flexibility index (Phi) is 3.71. The molecule has 1 N–H and O–H groups in total. The molecule has 0 radical (unpaired) electrons. The molecule has 1 aliphatic rings. The van der Waals surface area contributed by atoms with Gasteiger partial charge >= 0.3 is 0 Å². The number of benzene rings is 1. The number of rotatable bonds is 4. The molecule has 0 bridgehead atoms. The van der Waals surface area contributed by atoms with Crippen molar-refractivity contribution in [3.8, 4) is 35.1 Å². The maximum Gasteiger partial charge on any atom is 0.272 e. The highest BCUT2D eigenvalue weighted by molar-refractivity contribution is 5.93. The third-order valence-electron chi connectivity index (χ3n) is 3.33. The lowest BCUT2D eigenvalue weighted by molar-refractivity contribution is 0.0953. The standard InChI is InChI=1S/C16H15N3O3/c1-3-7-17-16(20)12-9-13(19(4-2)18-12)11-5-6-14-15(8-11)22-10-21-14/h1,5-6,8-9H,4,7,10H2,2H3,(H,17,20). The van der Waals surface area contributed by atoms with Gasteiger partial charge in [-0.1, -0.05) is 5.92 Å². The number of nitrogens with zero attached hydrogens (tertiary/aromatic N) is 2. The zero-order valence-electron chi connectivity index (χ0n) is 12.1. The third kappa shape index (κ3) is 2.49. The number of amides is 1. The van der Waals surface area contributed by atoms with Gasteiger partial charge in [-0.15, -0.1) is 6.42 Å². The highest BCUT2D eigenvalue weighted by Gasteiger charge is 2.18. The second-order valence-electron chi connectivity index (χ2n) is 4.69. The topological polar surface area (TPSA) is 65.4 Å². The first-order chi connectivity index (χ1) is 10.7. The van der Waals surface area contributed by atoms with E-state index in [1.165, 1.54) is 0 Å². The summed E-state index contributed by atoms with van der Waals surface area (Å²) in [4.78, 5) is 12.0. The van der Waals surface area contributed by atoms with Crippen LogP contribution in [-0.4, -0.2) is 29.0 Å². The summed E-state index contributed by atoms with van der Waals surface area (Å²) in [5.74, 6) is 3.50. The van der Waals surface area contributed by atoms with Crippen molar-refractivity contribution in [2.24, 2.45) is 0 Å². The fourth-order valence-corrected chi connectivity index (χ4v) is 2.28. The first kappa shape index (κ1) is 14.0. The number of hydrogen-bond donors (Lipinski definition) is 1. The summed E-state index contributed by atoms with van der Waals surface area (Å²) >= 11 is 0. The van der Waals surface area contributed by atoms with Crippen LogP contribution in [0.3, 0.4) is 0 Å². The largest absolute Gasteiger partial charge is 0.454 e. The predicted molar refractivity (Wildman–Crippen MR) is 80.6 cm³/mol. The van der Waals surface area contributed by atoms with Gasteiger partial charge in [0.1, 0.15) is 0 Å². The fourth-order valence-electron chi connectivity index (χ4n) is 2.28. The van der Waals surface area contributed by atoms with E-state index in [2.05, 4.69) is 16.3 Å². The molecule has 0 spiro atoms. The number of carbonyl (C=O) groups excluding carboxylic acids is 1. The van der Waals surface area contributed by atoms with Crippen LogP contribution in [0.4, 0.5) is 0 Å². The molecule has 1 aliphatic heterocycles. The van der Waals surface area contributed by atoms with Crippen molar-refractivity contribution >= 4 is 5.91 Å². The van der Waals surface area contributed by atoms with Gasteiger partial charge in [-0.25, -0.2) is 0 Å². The van der Waals surface area contributed by atoms with Crippen molar-refractivity contribution in [2.45, 2.75) is 13.5 Å². The fraction of sp³-hybridized carbons (Fsp3) is 0.250. The molecule has 22 heavy (non-hydrogen) atoms. The maximum absolute atomic E-state index is 12.0.